The second-order valence-corrected chi connectivity index (χ2v) is 3.21. The summed E-state index contributed by atoms with van der Waals surface area (Å²) in [7, 11) is 1.49. The largest absolute Gasteiger partial charge is 0.387 e. The molecule has 0 spiro atoms. The van der Waals surface area contributed by atoms with Crippen LogP contribution in [0.1, 0.15) is 22.7 Å². The molecule has 0 saturated heterocycles. The predicted molar refractivity (Wildman–Crippen MR) is 54.6 cm³/mol. The number of likely N-dealkylation sites (N-methyl/N-ethyl adjacent to an activating group) is 1. The summed E-state index contributed by atoms with van der Waals surface area (Å²) in [6.45, 7) is -0.487. The number of hydrogen-bond acceptors (Lipinski definition) is 2. The van der Waals surface area contributed by atoms with Gasteiger partial charge in [0.25, 0.3) is 0 Å². The third kappa shape index (κ3) is 2.54. The molecule has 1 N–H and O–H groups in total. The van der Waals surface area contributed by atoms with E-state index in [-0.39, 0.29) is 0 Å². The molecule has 0 aliphatic carbocycles. The SMILES string of the molecule is [2H]C([2H])([2H])N(C)[C@H](C)[C@@H](O)c1ccccc1. The van der Waals surface area contributed by atoms with Crippen molar-refractivity contribution in [3.8, 4) is 0 Å². The van der Waals surface area contributed by atoms with Gasteiger partial charge < -0.3 is 10.0 Å². The summed E-state index contributed by atoms with van der Waals surface area (Å²) in [6.07, 6.45) is -0.799. The minimum atomic E-state index is -2.19. The van der Waals surface area contributed by atoms with Gasteiger partial charge in [-0.3, -0.25) is 0 Å². The van der Waals surface area contributed by atoms with Crippen molar-refractivity contribution in [1.82, 2.24) is 4.90 Å². The lowest BCUT2D eigenvalue weighted by molar-refractivity contribution is 0.0858. The van der Waals surface area contributed by atoms with Crippen LogP contribution in [0.4, 0.5) is 0 Å². The van der Waals surface area contributed by atoms with Crippen LogP contribution in [-0.4, -0.2) is 30.1 Å². The monoisotopic (exact) mass is 182 g/mol. The van der Waals surface area contributed by atoms with Crippen molar-refractivity contribution < 1.29 is 9.22 Å². The van der Waals surface area contributed by atoms with Gasteiger partial charge in [0, 0.05) is 10.2 Å². The number of benzene rings is 1. The Morgan fingerprint density at radius 2 is 2.00 bits per heavy atom. The van der Waals surface area contributed by atoms with Crippen molar-refractivity contribution >= 4 is 0 Å². The quantitative estimate of drug-likeness (QED) is 0.768. The Hall–Kier alpha value is -0.860. The van der Waals surface area contributed by atoms with Gasteiger partial charge in [0.2, 0.25) is 0 Å². The Bertz CT molecular complexity index is 326. The molecule has 72 valence electrons. The highest BCUT2D eigenvalue weighted by Crippen LogP contribution is 2.18. The normalized spacial score (nSPS) is 20.2. The number of aliphatic hydroxyl groups is 1. The van der Waals surface area contributed by atoms with E-state index < -0.39 is 19.1 Å². The lowest BCUT2D eigenvalue weighted by Crippen LogP contribution is -2.30. The highest BCUT2D eigenvalue weighted by Gasteiger charge is 2.17. The van der Waals surface area contributed by atoms with Crippen molar-refractivity contribution in [3.63, 3.8) is 0 Å². The van der Waals surface area contributed by atoms with Crippen molar-refractivity contribution in [1.29, 1.82) is 0 Å². The Morgan fingerprint density at radius 3 is 2.54 bits per heavy atom. The smallest absolute Gasteiger partial charge is 0.0942 e. The summed E-state index contributed by atoms with van der Waals surface area (Å²) in [4.78, 5) is 1.20. The van der Waals surface area contributed by atoms with Gasteiger partial charge in [0.1, 0.15) is 0 Å². The summed E-state index contributed by atoms with van der Waals surface area (Å²) in [5.74, 6) is 0. The molecule has 0 radical (unpaired) electrons. The van der Waals surface area contributed by atoms with Gasteiger partial charge in [0.15, 0.2) is 0 Å². The zero-order chi connectivity index (χ0) is 12.3. The van der Waals surface area contributed by atoms with Crippen molar-refractivity contribution in [2.24, 2.45) is 0 Å². The topological polar surface area (TPSA) is 23.5 Å². The van der Waals surface area contributed by atoms with Crippen LogP contribution < -0.4 is 0 Å². The molecular formula is C11H17NO. The minimum absolute atomic E-state index is 0.463. The fraction of sp³-hybridized carbons (Fsp3) is 0.455. The molecule has 0 saturated carbocycles. The summed E-state index contributed by atoms with van der Waals surface area (Å²) in [5, 5.41) is 10.0. The number of rotatable bonds is 3. The summed E-state index contributed by atoms with van der Waals surface area (Å²) >= 11 is 0. The molecule has 0 aromatic heterocycles. The average molecular weight is 182 g/mol. The summed E-state index contributed by atoms with van der Waals surface area (Å²) in [6, 6.07) is 8.61. The predicted octanol–water partition coefficient (Wildman–Crippen LogP) is 1.67. The molecule has 13 heavy (non-hydrogen) atoms. The lowest BCUT2D eigenvalue weighted by atomic mass is 10.0. The molecule has 2 nitrogen and oxygen atoms in total. The van der Waals surface area contributed by atoms with Crippen LogP contribution in [0, 0.1) is 0 Å². The summed E-state index contributed by atoms with van der Waals surface area (Å²) < 4.78 is 21.8. The minimum Gasteiger partial charge on any atom is -0.387 e. The van der Waals surface area contributed by atoms with E-state index in [9.17, 15) is 5.11 Å². The number of aliphatic hydroxyl groups excluding tert-OH is 1. The molecule has 0 fully saturated rings. The first kappa shape index (κ1) is 6.57. The number of nitrogens with zero attached hydrogens (tertiary/aromatic N) is 1. The Balaban J connectivity index is 2.79. The van der Waals surface area contributed by atoms with E-state index in [0.717, 1.165) is 5.56 Å². The van der Waals surface area contributed by atoms with Crippen LogP contribution in [0.25, 0.3) is 0 Å². The van der Waals surface area contributed by atoms with Gasteiger partial charge in [-0.25, -0.2) is 0 Å². The maximum atomic E-state index is 10.0. The Kier molecular flexibility index (Phi) is 2.22. The second-order valence-electron chi connectivity index (χ2n) is 3.21. The van der Waals surface area contributed by atoms with Gasteiger partial charge in [-0.05, 0) is 26.5 Å². The van der Waals surface area contributed by atoms with E-state index in [2.05, 4.69) is 0 Å². The molecule has 0 unspecified atom stereocenters. The molecule has 0 aliphatic rings. The van der Waals surface area contributed by atoms with E-state index in [1.807, 2.05) is 18.2 Å². The van der Waals surface area contributed by atoms with Crippen molar-refractivity contribution in [2.45, 2.75) is 19.1 Å². The maximum absolute atomic E-state index is 10.0. The molecule has 1 aromatic rings. The van der Waals surface area contributed by atoms with Crippen molar-refractivity contribution in [3.05, 3.63) is 35.9 Å². The highest BCUT2D eigenvalue weighted by atomic mass is 16.3. The third-order valence-corrected chi connectivity index (χ3v) is 2.21. The molecule has 1 rings (SSSR count). The average Bonchev–Trinajstić information content (AvgIpc) is 2.26. The van der Waals surface area contributed by atoms with Gasteiger partial charge in [0.05, 0.1) is 6.10 Å². The van der Waals surface area contributed by atoms with Crippen LogP contribution in [0.2, 0.25) is 0 Å². The van der Waals surface area contributed by atoms with Gasteiger partial charge in [-0.1, -0.05) is 30.3 Å². The molecule has 2 atom stereocenters. The van der Waals surface area contributed by atoms with Crippen LogP contribution in [0.3, 0.4) is 0 Å². The second kappa shape index (κ2) is 4.40. The standard InChI is InChI=1S/C11H17NO/c1-9(12(2)3)11(13)10-7-5-4-6-8-10/h4-9,11,13H,1-3H3/t9-,11-/m1/s1/i2D3. The highest BCUT2D eigenvalue weighted by molar-refractivity contribution is 5.18. The molecule has 2 heteroatoms. The Morgan fingerprint density at radius 1 is 1.38 bits per heavy atom. The maximum Gasteiger partial charge on any atom is 0.0942 e. The first-order valence-corrected chi connectivity index (χ1v) is 4.30. The molecule has 0 amide bonds. The molecule has 0 heterocycles. The van der Waals surface area contributed by atoms with Crippen molar-refractivity contribution in [2.75, 3.05) is 14.0 Å². The Labute approximate surface area is 84.0 Å². The number of hydrogen-bond donors (Lipinski definition) is 1. The van der Waals surface area contributed by atoms with E-state index in [1.54, 1.807) is 19.1 Å². The fourth-order valence-electron chi connectivity index (χ4n) is 1.14. The van der Waals surface area contributed by atoms with Crippen LogP contribution in [0.5, 0.6) is 0 Å². The van der Waals surface area contributed by atoms with Gasteiger partial charge >= 0.3 is 0 Å². The first-order valence-electron chi connectivity index (χ1n) is 5.80. The van der Waals surface area contributed by atoms with E-state index in [1.165, 1.54) is 11.9 Å². The van der Waals surface area contributed by atoms with Crippen LogP contribution in [-0.2, 0) is 0 Å². The first-order chi connectivity index (χ1) is 7.34. The van der Waals surface area contributed by atoms with E-state index in [0.29, 0.717) is 0 Å². The lowest BCUT2D eigenvalue weighted by Gasteiger charge is -2.25. The van der Waals surface area contributed by atoms with Crippen LogP contribution >= 0.6 is 0 Å². The summed E-state index contributed by atoms with van der Waals surface area (Å²) in [5.41, 5.74) is 0.728. The van der Waals surface area contributed by atoms with Gasteiger partial charge in [-0.2, -0.15) is 0 Å². The molecule has 1 aromatic carbocycles. The molecule has 0 bridgehead atoms. The zero-order valence-corrected chi connectivity index (χ0v) is 7.94. The fourth-order valence-corrected chi connectivity index (χ4v) is 1.14. The van der Waals surface area contributed by atoms with Crippen LogP contribution in [0.15, 0.2) is 30.3 Å². The third-order valence-electron chi connectivity index (χ3n) is 2.21. The zero-order valence-electron chi connectivity index (χ0n) is 10.9. The molecule has 0 aliphatic heterocycles. The molecular weight excluding hydrogens is 162 g/mol. The van der Waals surface area contributed by atoms with E-state index >= 15 is 0 Å². The van der Waals surface area contributed by atoms with E-state index in [4.69, 9.17) is 4.11 Å². The van der Waals surface area contributed by atoms with Gasteiger partial charge in [-0.15, -0.1) is 0 Å².